The van der Waals surface area contributed by atoms with Crippen LogP contribution < -0.4 is 16.6 Å². The van der Waals surface area contributed by atoms with Crippen LogP contribution in [0.3, 0.4) is 0 Å². The summed E-state index contributed by atoms with van der Waals surface area (Å²) in [6.45, 7) is 0.711. The van der Waals surface area contributed by atoms with E-state index in [-0.39, 0.29) is 5.91 Å². The largest absolute Gasteiger partial charge is 0.351 e. The molecule has 1 saturated heterocycles. The third-order valence-electron chi connectivity index (χ3n) is 2.74. The molecule has 4 N–H and O–H groups in total. The molecule has 1 amide bonds. The molecule has 92 valence electrons. The Morgan fingerprint density at radius 2 is 2.53 bits per heavy atom. The normalized spacial score (nSPS) is 19.0. The van der Waals surface area contributed by atoms with E-state index < -0.39 is 0 Å². The summed E-state index contributed by atoms with van der Waals surface area (Å²) in [7, 11) is 0. The number of rotatable bonds is 4. The number of carbonyl (C=O) groups excluding carboxylic acids is 1. The van der Waals surface area contributed by atoms with Crippen LogP contribution in [0.5, 0.6) is 0 Å². The second kappa shape index (κ2) is 5.88. The molecule has 1 aliphatic rings. The number of aromatic nitrogens is 1. The maximum atomic E-state index is 11.9. The van der Waals surface area contributed by atoms with E-state index in [2.05, 4.69) is 15.7 Å². The Kier molecular flexibility index (Phi) is 4.22. The van der Waals surface area contributed by atoms with Crippen LogP contribution in [0.4, 0.5) is 5.69 Å². The molecule has 0 aromatic carbocycles. The van der Waals surface area contributed by atoms with E-state index in [0.717, 1.165) is 0 Å². The fourth-order valence-corrected chi connectivity index (χ4v) is 3.01. The number of nitrogen functional groups attached to an aromatic ring is 1. The third kappa shape index (κ3) is 3.10. The van der Waals surface area contributed by atoms with Gasteiger partial charge in [0.05, 0.1) is 11.3 Å². The Labute approximate surface area is 105 Å². The van der Waals surface area contributed by atoms with Crippen LogP contribution in [0, 0.1) is 0 Å². The van der Waals surface area contributed by atoms with Gasteiger partial charge >= 0.3 is 0 Å². The van der Waals surface area contributed by atoms with Gasteiger partial charge in [-0.3, -0.25) is 15.6 Å². The van der Waals surface area contributed by atoms with E-state index in [9.17, 15) is 4.79 Å². The van der Waals surface area contributed by atoms with Gasteiger partial charge < -0.3 is 10.7 Å². The Hall–Kier alpha value is -1.27. The summed E-state index contributed by atoms with van der Waals surface area (Å²) in [5, 5.41) is 3.47. The molecule has 5 nitrogen and oxygen atoms in total. The van der Waals surface area contributed by atoms with Crippen molar-refractivity contribution < 1.29 is 4.79 Å². The second-order valence-electron chi connectivity index (χ2n) is 3.91. The first kappa shape index (κ1) is 12.2. The molecule has 0 aliphatic carbocycles. The summed E-state index contributed by atoms with van der Waals surface area (Å²) in [6.07, 6.45) is 5.54. The van der Waals surface area contributed by atoms with Crippen LogP contribution in [0.1, 0.15) is 23.2 Å². The Bertz CT molecular complexity index is 393. The SMILES string of the molecule is NNc1ccncc1C(=O)NCC1CCCS1. The average Bonchev–Trinajstić information content (AvgIpc) is 2.89. The van der Waals surface area contributed by atoms with Crippen molar-refractivity contribution in [3.05, 3.63) is 24.0 Å². The van der Waals surface area contributed by atoms with Gasteiger partial charge in [0, 0.05) is 24.2 Å². The van der Waals surface area contributed by atoms with Crippen LogP contribution in [-0.4, -0.2) is 28.4 Å². The fourth-order valence-electron chi connectivity index (χ4n) is 1.81. The summed E-state index contributed by atoms with van der Waals surface area (Å²) < 4.78 is 0. The highest BCUT2D eigenvalue weighted by Crippen LogP contribution is 2.25. The number of carbonyl (C=O) groups is 1. The highest BCUT2D eigenvalue weighted by Gasteiger charge is 2.17. The first-order valence-electron chi connectivity index (χ1n) is 5.61. The minimum atomic E-state index is -0.126. The maximum Gasteiger partial charge on any atom is 0.255 e. The third-order valence-corrected chi connectivity index (χ3v) is 4.13. The minimum Gasteiger partial charge on any atom is -0.351 e. The smallest absolute Gasteiger partial charge is 0.255 e. The van der Waals surface area contributed by atoms with Gasteiger partial charge in [0.15, 0.2) is 0 Å². The average molecular weight is 252 g/mol. The summed E-state index contributed by atoms with van der Waals surface area (Å²) in [5.41, 5.74) is 3.58. The number of pyridine rings is 1. The molecule has 1 atom stereocenters. The highest BCUT2D eigenvalue weighted by atomic mass is 32.2. The molecule has 2 heterocycles. The molecule has 1 aliphatic heterocycles. The molecule has 2 rings (SSSR count). The highest BCUT2D eigenvalue weighted by molar-refractivity contribution is 8.00. The van der Waals surface area contributed by atoms with Gasteiger partial charge in [-0.15, -0.1) is 0 Å². The number of nitrogens with two attached hydrogens (primary N) is 1. The quantitative estimate of drug-likeness (QED) is 0.550. The Morgan fingerprint density at radius 1 is 1.65 bits per heavy atom. The van der Waals surface area contributed by atoms with Gasteiger partial charge in [0.1, 0.15) is 0 Å². The summed E-state index contributed by atoms with van der Waals surface area (Å²) in [5.74, 6) is 6.42. The molecule has 1 aromatic rings. The molecular weight excluding hydrogens is 236 g/mol. The molecule has 6 heteroatoms. The van der Waals surface area contributed by atoms with Crippen molar-refractivity contribution in [3.63, 3.8) is 0 Å². The predicted octanol–water partition coefficient (Wildman–Crippen LogP) is 0.993. The van der Waals surface area contributed by atoms with Crippen LogP contribution in [0.15, 0.2) is 18.5 Å². The summed E-state index contributed by atoms with van der Waals surface area (Å²) in [6, 6.07) is 1.68. The molecule has 1 aromatic heterocycles. The molecule has 0 saturated carbocycles. The summed E-state index contributed by atoms with van der Waals surface area (Å²) >= 11 is 1.92. The van der Waals surface area contributed by atoms with Crippen molar-refractivity contribution in [2.75, 3.05) is 17.7 Å². The molecule has 17 heavy (non-hydrogen) atoms. The van der Waals surface area contributed by atoms with E-state index in [1.807, 2.05) is 11.8 Å². The van der Waals surface area contributed by atoms with Crippen molar-refractivity contribution in [1.29, 1.82) is 0 Å². The van der Waals surface area contributed by atoms with Crippen molar-refractivity contribution in [1.82, 2.24) is 10.3 Å². The lowest BCUT2D eigenvalue weighted by Crippen LogP contribution is -2.30. The van der Waals surface area contributed by atoms with Crippen molar-refractivity contribution in [2.45, 2.75) is 18.1 Å². The monoisotopic (exact) mass is 252 g/mol. The molecule has 0 spiro atoms. The Balaban J connectivity index is 1.94. The van der Waals surface area contributed by atoms with Crippen molar-refractivity contribution in [2.24, 2.45) is 5.84 Å². The number of hydrogen-bond acceptors (Lipinski definition) is 5. The molecule has 0 bridgehead atoms. The van der Waals surface area contributed by atoms with Gasteiger partial charge in [-0.2, -0.15) is 11.8 Å². The molecular formula is C11H16N4OS. The zero-order valence-electron chi connectivity index (χ0n) is 9.48. The van der Waals surface area contributed by atoms with Gasteiger partial charge in [0.2, 0.25) is 0 Å². The number of amides is 1. The first-order valence-corrected chi connectivity index (χ1v) is 6.66. The van der Waals surface area contributed by atoms with Crippen molar-refractivity contribution >= 4 is 23.4 Å². The lowest BCUT2D eigenvalue weighted by molar-refractivity contribution is 0.0954. The minimum absolute atomic E-state index is 0.126. The lowest BCUT2D eigenvalue weighted by atomic mass is 10.2. The second-order valence-corrected chi connectivity index (χ2v) is 5.32. The first-order chi connectivity index (χ1) is 8.31. The molecule has 0 radical (unpaired) electrons. The number of thioether (sulfide) groups is 1. The zero-order chi connectivity index (χ0) is 12.1. The van der Waals surface area contributed by atoms with E-state index in [1.54, 1.807) is 12.3 Å². The van der Waals surface area contributed by atoms with Gasteiger partial charge in [-0.25, -0.2) is 0 Å². The zero-order valence-corrected chi connectivity index (χ0v) is 10.3. The number of hydrogen-bond donors (Lipinski definition) is 3. The van der Waals surface area contributed by atoms with Crippen LogP contribution in [0.25, 0.3) is 0 Å². The molecule has 1 fully saturated rings. The van der Waals surface area contributed by atoms with Crippen molar-refractivity contribution in [3.8, 4) is 0 Å². The number of hydrazine groups is 1. The van der Waals surface area contributed by atoms with E-state index >= 15 is 0 Å². The van der Waals surface area contributed by atoms with Gasteiger partial charge in [-0.1, -0.05) is 0 Å². The van der Waals surface area contributed by atoms with Crippen LogP contribution in [-0.2, 0) is 0 Å². The predicted molar refractivity (Wildman–Crippen MR) is 69.9 cm³/mol. The van der Waals surface area contributed by atoms with Gasteiger partial charge in [-0.05, 0) is 24.7 Å². The Morgan fingerprint density at radius 3 is 3.24 bits per heavy atom. The number of nitrogens with one attached hydrogen (secondary N) is 2. The van der Waals surface area contributed by atoms with Gasteiger partial charge in [0.25, 0.3) is 5.91 Å². The number of anilines is 1. The maximum absolute atomic E-state index is 11.9. The van der Waals surface area contributed by atoms with E-state index in [0.29, 0.717) is 23.0 Å². The standard InChI is InChI=1S/C11H16N4OS/c12-15-10-3-4-13-7-9(10)11(16)14-6-8-2-1-5-17-8/h3-4,7-8H,1-2,5-6,12H2,(H,13,15)(H,14,16). The lowest BCUT2D eigenvalue weighted by Gasteiger charge is -2.11. The topological polar surface area (TPSA) is 80.0 Å². The fraction of sp³-hybridized carbons (Fsp3) is 0.455. The van der Waals surface area contributed by atoms with Crippen LogP contribution >= 0.6 is 11.8 Å². The van der Waals surface area contributed by atoms with E-state index in [4.69, 9.17) is 5.84 Å². The van der Waals surface area contributed by atoms with Crippen LogP contribution in [0.2, 0.25) is 0 Å². The van der Waals surface area contributed by atoms with E-state index in [1.165, 1.54) is 24.8 Å². The summed E-state index contributed by atoms with van der Waals surface area (Å²) in [4.78, 5) is 15.9. The molecule has 1 unspecified atom stereocenters. The number of nitrogens with zero attached hydrogens (tertiary/aromatic N) is 1.